The molecule has 1 amide bonds. The minimum atomic E-state index is -0.263. The number of carbonyl (C=O) groups excluding carboxylic acids is 1. The van der Waals surface area contributed by atoms with Crippen LogP contribution in [0.2, 0.25) is 0 Å². The van der Waals surface area contributed by atoms with E-state index in [4.69, 9.17) is 0 Å². The van der Waals surface area contributed by atoms with Crippen molar-refractivity contribution in [3.05, 3.63) is 36.0 Å². The predicted molar refractivity (Wildman–Crippen MR) is 85.9 cm³/mol. The molecule has 0 aliphatic carbocycles. The summed E-state index contributed by atoms with van der Waals surface area (Å²) in [6.45, 7) is 2.84. The second-order valence-corrected chi connectivity index (χ2v) is 5.26. The van der Waals surface area contributed by atoms with Crippen molar-refractivity contribution in [3.8, 4) is 5.75 Å². The summed E-state index contributed by atoms with van der Waals surface area (Å²) in [7, 11) is 0. The van der Waals surface area contributed by atoms with Gasteiger partial charge in [0, 0.05) is 18.5 Å². The van der Waals surface area contributed by atoms with Crippen LogP contribution in [0.15, 0.2) is 30.5 Å². The summed E-state index contributed by atoms with van der Waals surface area (Å²) in [5.41, 5.74) is 0.928. The van der Waals surface area contributed by atoms with Crippen molar-refractivity contribution in [2.45, 2.75) is 26.2 Å². The molecule has 0 atom stereocenters. The average molecular weight is 302 g/mol. The Kier molecular flexibility index (Phi) is 5.72. The predicted octanol–water partition coefficient (Wildman–Crippen LogP) is 2.57. The highest BCUT2D eigenvalue weighted by Gasteiger charge is 2.21. The monoisotopic (exact) mass is 302 g/mol. The number of hydrogen-bond donors (Lipinski definition) is 2. The molecule has 0 bridgehead atoms. The molecule has 2 N–H and O–H groups in total. The lowest BCUT2D eigenvalue weighted by atomic mass is 10.1. The lowest BCUT2D eigenvalue weighted by molar-refractivity contribution is 0.0717. The minimum Gasteiger partial charge on any atom is -0.505 e. The molecule has 118 valence electrons. The molecule has 0 spiro atoms. The van der Waals surface area contributed by atoms with Crippen LogP contribution in [0.25, 0.3) is 10.9 Å². The zero-order valence-corrected chi connectivity index (χ0v) is 12.8. The normalized spacial score (nSPS) is 10.8. The van der Waals surface area contributed by atoms with E-state index in [-0.39, 0.29) is 30.4 Å². The number of aromatic nitrogens is 1. The van der Waals surface area contributed by atoms with E-state index >= 15 is 0 Å². The fourth-order valence-corrected chi connectivity index (χ4v) is 2.50. The Balaban J connectivity index is 2.35. The molecule has 1 heterocycles. The maximum absolute atomic E-state index is 12.8. The number of rotatable bonds is 7. The van der Waals surface area contributed by atoms with Gasteiger partial charge in [-0.2, -0.15) is 0 Å². The van der Waals surface area contributed by atoms with E-state index in [1.807, 2.05) is 12.1 Å². The number of amides is 1. The first-order chi connectivity index (χ1) is 10.7. The van der Waals surface area contributed by atoms with Crippen LogP contribution in [0.3, 0.4) is 0 Å². The van der Waals surface area contributed by atoms with Gasteiger partial charge >= 0.3 is 0 Å². The second kappa shape index (κ2) is 7.75. The largest absolute Gasteiger partial charge is 0.505 e. The molecule has 5 nitrogen and oxygen atoms in total. The first-order valence-corrected chi connectivity index (χ1v) is 7.65. The summed E-state index contributed by atoms with van der Waals surface area (Å²) in [6.07, 6.45) is 4.27. The van der Waals surface area contributed by atoms with Gasteiger partial charge in [-0.25, -0.2) is 0 Å². The number of hydrogen-bond acceptors (Lipinski definition) is 4. The van der Waals surface area contributed by atoms with Gasteiger partial charge in [-0.05, 0) is 12.5 Å². The minimum absolute atomic E-state index is 0.0956. The maximum Gasteiger partial charge on any atom is 0.258 e. The third-order valence-corrected chi connectivity index (χ3v) is 3.66. The quantitative estimate of drug-likeness (QED) is 0.771. The van der Waals surface area contributed by atoms with Crippen molar-refractivity contribution in [1.82, 2.24) is 9.88 Å². The highest BCUT2D eigenvalue weighted by atomic mass is 16.3. The van der Waals surface area contributed by atoms with Gasteiger partial charge < -0.3 is 15.1 Å². The van der Waals surface area contributed by atoms with E-state index in [2.05, 4.69) is 11.9 Å². The Morgan fingerprint density at radius 2 is 2.00 bits per heavy atom. The fraction of sp³-hybridized carbons (Fsp3) is 0.412. The number of aliphatic hydroxyl groups is 1. The molecule has 0 aliphatic rings. The number of aliphatic hydroxyl groups excluding tert-OH is 1. The van der Waals surface area contributed by atoms with E-state index in [1.54, 1.807) is 17.0 Å². The molecule has 0 saturated heterocycles. The summed E-state index contributed by atoms with van der Waals surface area (Å²) < 4.78 is 0. The highest BCUT2D eigenvalue weighted by molar-refractivity contribution is 6.08. The van der Waals surface area contributed by atoms with Crippen LogP contribution in [0.5, 0.6) is 5.75 Å². The molecule has 1 aromatic heterocycles. The molecule has 1 aromatic carbocycles. The zero-order chi connectivity index (χ0) is 15.9. The van der Waals surface area contributed by atoms with Gasteiger partial charge in [0.2, 0.25) is 0 Å². The Morgan fingerprint density at radius 3 is 2.73 bits per heavy atom. The molecular formula is C17H22N2O3. The van der Waals surface area contributed by atoms with E-state index < -0.39 is 0 Å². The summed E-state index contributed by atoms with van der Waals surface area (Å²) in [4.78, 5) is 18.5. The Bertz CT molecular complexity index is 643. The molecule has 0 aliphatic heterocycles. The Hall–Kier alpha value is -2.14. The summed E-state index contributed by atoms with van der Waals surface area (Å²) in [5.74, 6) is -0.386. The smallest absolute Gasteiger partial charge is 0.258 e. The molecule has 5 heteroatoms. The molecule has 0 unspecified atom stereocenters. The highest BCUT2D eigenvalue weighted by Crippen LogP contribution is 2.26. The number of carbonyl (C=O) groups is 1. The van der Waals surface area contributed by atoms with E-state index in [0.717, 1.165) is 19.3 Å². The van der Waals surface area contributed by atoms with Gasteiger partial charge in [0.05, 0.1) is 23.9 Å². The topological polar surface area (TPSA) is 73.7 Å². The van der Waals surface area contributed by atoms with Crippen molar-refractivity contribution in [3.63, 3.8) is 0 Å². The second-order valence-electron chi connectivity index (χ2n) is 5.26. The first-order valence-electron chi connectivity index (χ1n) is 7.65. The zero-order valence-electron chi connectivity index (χ0n) is 12.8. The van der Waals surface area contributed by atoms with E-state index in [1.165, 1.54) is 6.20 Å². The number of pyridine rings is 1. The van der Waals surface area contributed by atoms with Crippen LogP contribution in [0.1, 0.15) is 36.5 Å². The number of para-hydroxylation sites is 1. The van der Waals surface area contributed by atoms with Crippen molar-refractivity contribution in [2.24, 2.45) is 0 Å². The van der Waals surface area contributed by atoms with E-state index in [9.17, 15) is 15.0 Å². The molecule has 0 radical (unpaired) electrons. The van der Waals surface area contributed by atoms with Gasteiger partial charge in [0.25, 0.3) is 5.91 Å². The van der Waals surface area contributed by atoms with Gasteiger partial charge in [-0.3, -0.25) is 9.78 Å². The molecule has 0 fully saturated rings. The van der Waals surface area contributed by atoms with Crippen LogP contribution in [0.4, 0.5) is 0 Å². The number of nitrogens with zero attached hydrogens (tertiary/aromatic N) is 2. The van der Waals surface area contributed by atoms with Crippen molar-refractivity contribution >= 4 is 16.8 Å². The molecule has 2 rings (SSSR count). The van der Waals surface area contributed by atoms with Gasteiger partial charge in [0.15, 0.2) is 0 Å². The molecule has 22 heavy (non-hydrogen) atoms. The number of benzene rings is 1. The average Bonchev–Trinajstić information content (AvgIpc) is 2.53. The third-order valence-electron chi connectivity index (χ3n) is 3.66. The maximum atomic E-state index is 12.8. The van der Waals surface area contributed by atoms with Gasteiger partial charge in [-0.15, -0.1) is 0 Å². The SMILES string of the molecule is CCCCCN(CCO)C(=O)c1c(O)cnc2ccccc12. The summed E-state index contributed by atoms with van der Waals surface area (Å²) >= 11 is 0. The van der Waals surface area contributed by atoms with Gasteiger partial charge in [0.1, 0.15) is 5.75 Å². The van der Waals surface area contributed by atoms with E-state index in [0.29, 0.717) is 17.4 Å². The molecular weight excluding hydrogens is 280 g/mol. The third kappa shape index (κ3) is 3.54. The first kappa shape index (κ1) is 16.2. The van der Waals surface area contributed by atoms with Crippen LogP contribution in [-0.2, 0) is 0 Å². The van der Waals surface area contributed by atoms with Crippen molar-refractivity contribution in [2.75, 3.05) is 19.7 Å². The lowest BCUT2D eigenvalue weighted by Crippen LogP contribution is -2.34. The summed E-state index contributed by atoms with van der Waals surface area (Å²) in [6, 6.07) is 7.23. The molecule has 2 aromatic rings. The van der Waals surface area contributed by atoms with Crippen LogP contribution in [0, 0.1) is 0 Å². The van der Waals surface area contributed by atoms with Crippen LogP contribution >= 0.6 is 0 Å². The van der Waals surface area contributed by atoms with Crippen molar-refractivity contribution < 1.29 is 15.0 Å². The van der Waals surface area contributed by atoms with Gasteiger partial charge in [-0.1, -0.05) is 38.0 Å². The van der Waals surface area contributed by atoms with Crippen LogP contribution in [-0.4, -0.2) is 45.7 Å². The summed E-state index contributed by atoms with van der Waals surface area (Å²) in [5, 5.41) is 19.9. The molecule has 0 saturated carbocycles. The standard InChI is InChI=1S/C17H22N2O3/c1-2-3-6-9-19(10-11-20)17(22)16-13-7-4-5-8-14(13)18-12-15(16)21/h4-5,7-8,12,20-21H,2-3,6,9-11H2,1H3. The van der Waals surface area contributed by atoms with Crippen molar-refractivity contribution in [1.29, 1.82) is 0 Å². The number of unbranched alkanes of at least 4 members (excludes halogenated alkanes) is 2. The Morgan fingerprint density at radius 1 is 1.23 bits per heavy atom. The number of fused-ring (bicyclic) bond motifs is 1. The number of aromatic hydroxyl groups is 1. The Labute approximate surface area is 130 Å². The van der Waals surface area contributed by atoms with Crippen LogP contribution < -0.4 is 0 Å². The fourth-order valence-electron chi connectivity index (χ4n) is 2.50. The lowest BCUT2D eigenvalue weighted by Gasteiger charge is -2.22.